The van der Waals surface area contributed by atoms with Crippen LogP contribution in [0.25, 0.3) is 0 Å². The molecule has 0 aromatic carbocycles. The molecule has 0 aliphatic carbocycles. The van der Waals surface area contributed by atoms with Gasteiger partial charge in [-0.2, -0.15) is 5.10 Å². The third kappa shape index (κ3) is 1.63. The molecule has 14 heavy (non-hydrogen) atoms. The molecule has 0 radical (unpaired) electrons. The van der Waals surface area contributed by atoms with E-state index in [0.717, 1.165) is 18.7 Å². The molecular formula is C9H14N4O. The molecule has 5 heteroatoms. The molecule has 1 aliphatic heterocycles. The molecule has 0 saturated carbocycles. The summed E-state index contributed by atoms with van der Waals surface area (Å²) in [4.78, 5) is 13.5. The third-order valence-corrected chi connectivity index (χ3v) is 2.44. The van der Waals surface area contributed by atoms with E-state index in [2.05, 4.69) is 10.2 Å². The van der Waals surface area contributed by atoms with E-state index in [1.165, 1.54) is 0 Å². The van der Waals surface area contributed by atoms with Gasteiger partial charge >= 0.3 is 0 Å². The second-order valence-corrected chi connectivity index (χ2v) is 3.74. The molecule has 1 aromatic heterocycles. The lowest BCUT2D eigenvalue weighted by Gasteiger charge is -2.13. The van der Waals surface area contributed by atoms with Crippen LogP contribution in [0.5, 0.6) is 0 Å². The minimum atomic E-state index is -0.0256. The second-order valence-electron chi connectivity index (χ2n) is 3.74. The minimum absolute atomic E-state index is 0.0256. The third-order valence-electron chi connectivity index (χ3n) is 2.44. The Labute approximate surface area is 82.3 Å². The predicted molar refractivity (Wildman–Crippen MR) is 51.8 cm³/mol. The van der Waals surface area contributed by atoms with Crippen molar-refractivity contribution >= 4 is 5.91 Å². The molecule has 0 bridgehead atoms. The number of nitrogens with one attached hydrogen (secondary N) is 1. The Bertz CT molecular complexity index is 346. The smallest absolute Gasteiger partial charge is 0.274 e. The molecule has 76 valence electrons. The fourth-order valence-corrected chi connectivity index (χ4v) is 1.66. The summed E-state index contributed by atoms with van der Waals surface area (Å²) in [6.07, 6.45) is 0.884. The largest absolute Gasteiger partial charge is 0.336 e. The van der Waals surface area contributed by atoms with Crippen LogP contribution in [0, 0.1) is 6.92 Å². The van der Waals surface area contributed by atoms with Gasteiger partial charge in [0.15, 0.2) is 0 Å². The van der Waals surface area contributed by atoms with E-state index in [9.17, 15) is 4.79 Å². The molecule has 0 unspecified atom stereocenters. The number of nitrogens with two attached hydrogens (primary N) is 1. The summed E-state index contributed by atoms with van der Waals surface area (Å²) in [6, 6.07) is 1.88. The number of aromatic amines is 1. The molecule has 3 N–H and O–H groups in total. The lowest BCUT2D eigenvalue weighted by molar-refractivity contribution is 0.0785. The minimum Gasteiger partial charge on any atom is -0.336 e. The lowest BCUT2D eigenvalue weighted by Crippen LogP contribution is -2.32. The van der Waals surface area contributed by atoms with Crippen LogP contribution in [0.1, 0.15) is 22.6 Å². The van der Waals surface area contributed by atoms with Gasteiger partial charge < -0.3 is 10.6 Å². The van der Waals surface area contributed by atoms with Crippen LogP contribution in [0.15, 0.2) is 6.07 Å². The topological polar surface area (TPSA) is 75.0 Å². The maximum atomic E-state index is 11.8. The van der Waals surface area contributed by atoms with E-state index in [0.29, 0.717) is 12.2 Å². The molecule has 1 amide bonds. The van der Waals surface area contributed by atoms with E-state index >= 15 is 0 Å². The first kappa shape index (κ1) is 9.21. The van der Waals surface area contributed by atoms with Crippen molar-refractivity contribution in [2.24, 2.45) is 5.73 Å². The van der Waals surface area contributed by atoms with Crippen LogP contribution >= 0.6 is 0 Å². The van der Waals surface area contributed by atoms with Crippen LogP contribution < -0.4 is 5.73 Å². The number of rotatable bonds is 1. The Morgan fingerprint density at radius 3 is 3.07 bits per heavy atom. The zero-order valence-corrected chi connectivity index (χ0v) is 8.16. The van der Waals surface area contributed by atoms with Crippen LogP contribution in [0.4, 0.5) is 0 Å². The zero-order valence-electron chi connectivity index (χ0n) is 8.16. The average Bonchev–Trinajstić information content (AvgIpc) is 2.73. The number of carbonyl (C=O) groups excluding carboxylic acids is 1. The number of carbonyl (C=O) groups is 1. The lowest BCUT2D eigenvalue weighted by atomic mass is 10.3. The van der Waals surface area contributed by atoms with E-state index in [1.807, 2.05) is 6.92 Å². The summed E-state index contributed by atoms with van der Waals surface area (Å²) >= 11 is 0. The molecule has 1 aliphatic rings. The fraction of sp³-hybridized carbons (Fsp3) is 0.556. The number of amides is 1. The van der Waals surface area contributed by atoms with Crippen molar-refractivity contribution in [1.29, 1.82) is 0 Å². The Morgan fingerprint density at radius 2 is 2.57 bits per heavy atom. The summed E-state index contributed by atoms with van der Waals surface area (Å²) in [5, 5.41) is 6.68. The number of H-pyrrole nitrogens is 1. The summed E-state index contributed by atoms with van der Waals surface area (Å²) in [5.74, 6) is -0.0256. The molecule has 2 rings (SSSR count). The Morgan fingerprint density at radius 1 is 1.79 bits per heavy atom. The molecule has 2 heterocycles. The first-order valence-electron chi connectivity index (χ1n) is 4.73. The van der Waals surface area contributed by atoms with Crippen molar-refractivity contribution < 1.29 is 4.79 Å². The van der Waals surface area contributed by atoms with E-state index in [1.54, 1.807) is 11.0 Å². The normalized spacial score (nSPS) is 21.6. The highest BCUT2D eigenvalue weighted by atomic mass is 16.2. The van der Waals surface area contributed by atoms with E-state index in [-0.39, 0.29) is 11.9 Å². The monoisotopic (exact) mass is 194 g/mol. The number of nitrogens with zero attached hydrogens (tertiary/aromatic N) is 2. The number of likely N-dealkylation sites (tertiary alicyclic amines) is 1. The number of aryl methyl sites for hydroxylation is 1. The highest BCUT2D eigenvalue weighted by Crippen LogP contribution is 2.11. The molecule has 1 fully saturated rings. The quantitative estimate of drug-likeness (QED) is 0.655. The van der Waals surface area contributed by atoms with Gasteiger partial charge in [-0.1, -0.05) is 0 Å². The Hall–Kier alpha value is -1.36. The van der Waals surface area contributed by atoms with E-state index in [4.69, 9.17) is 5.73 Å². The Balaban J connectivity index is 2.09. The van der Waals surface area contributed by atoms with Gasteiger partial charge in [-0.3, -0.25) is 9.89 Å². The fourth-order valence-electron chi connectivity index (χ4n) is 1.66. The molecule has 0 spiro atoms. The van der Waals surface area contributed by atoms with Gasteiger partial charge in [-0.25, -0.2) is 0 Å². The van der Waals surface area contributed by atoms with Gasteiger partial charge in [0, 0.05) is 24.8 Å². The zero-order chi connectivity index (χ0) is 10.1. The molecule has 1 atom stereocenters. The van der Waals surface area contributed by atoms with Crippen LogP contribution in [-0.4, -0.2) is 40.1 Å². The molecule has 1 saturated heterocycles. The van der Waals surface area contributed by atoms with Crippen molar-refractivity contribution in [2.45, 2.75) is 19.4 Å². The standard InChI is InChI=1S/C9H14N4O/c1-6-4-8(12-11-6)9(14)13-3-2-7(10)5-13/h4,7H,2-3,5,10H2,1H3,(H,11,12)/t7-/m0/s1. The van der Waals surface area contributed by atoms with Crippen molar-refractivity contribution in [2.75, 3.05) is 13.1 Å². The first-order valence-corrected chi connectivity index (χ1v) is 4.73. The number of aromatic nitrogens is 2. The van der Waals surface area contributed by atoms with Crippen molar-refractivity contribution in [3.8, 4) is 0 Å². The van der Waals surface area contributed by atoms with Crippen molar-refractivity contribution in [3.63, 3.8) is 0 Å². The average molecular weight is 194 g/mol. The SMILES string of the molecule is Cc1cc(C(=O)N2CC[C@H](N)C2)n[nH]1. The first-order chi connectivity index (χ1) is 6.66. The van der Waals surface area contributed by atoms with E-state index < -0.39 is 0 Å². The van der Waals surface area contributed by atoms with Crippen LogP contribution in [0.2, 0.25) is 0 Å². The second kappa shape index (κ2) is 3.42. The van der Waals surface area contributed by atoms with Gasteiger partial charge in [0.2, 0.25) is 0 Å². The maximum absolute atomic E-state index is 11.8. The van der Waals surface area contributed by atoms with Crippen molar-refractivity contribution in [3.05, 3.63) is 17.5 Å². The summed E-state index contributed by atoms with van der Waals surface area (Å²) in [6.45, 7) is 3.26. The molecule has 5 nitrogen and oxygen atoms in total. The molecule has 1 aromatic rings. The summed E-state index contributed by atoms with van der Waals surface area (Å²) in [7, 11) is 0. The van der Waals surface area contributed by atoms with Crippen molar-refractivity contribution in [1.82, 2.24) is 15.1 Å². The van der Waals surface area contributed by atoms with Gasteiger partial charge in [0.1, 0.15) is 5.69 Å². The molecular weight excluding hydrogens is 180 g/mol. The summed E-state index contributed by atoms with van der Waals surface area (Å²) < 4.78 is 0. The van der Waals surface area contributed by atoms with Crippen LogP contribution in [0.3, 0.4) is 0 Å². The van der Waals surface area contributed by atoms with Gasteiger partial charge in [0.25, 0.3) is 5.91 Å². The van der Waals surface area contributed by atoms with Crippen LogP contribution in [-0.2, 0) is 0 Å². The maximum Gasteiger partial charge on any atom is 0.274 e. The highest BCUT2D eigenvalue weighted by molar-refractivity contribution is 5.92. The highest BCUT2D eigenvalue weighted by Gasteiger charge is 2.25. The summed E-state index contributed by atoms with van der Waals surface area (Å²) in [5.41, 5.74) is 7.11. The van der Waals surface area contributed by atoms with Gasteiger partial charge in [-0.15, -0.1) is 0 Å². The van der Waals surface area contributed by atoms with Gasteiger partial charge in [-0.05, 0) is 19.4 Å². The number of hydrogen-bond donors (Lipinski definition) is 2. The Kier molecular flexibility index (Phi) is 2.25. The predicted octanol–water partition coefficient (Wildman–Crippen LogP) is -0.109. The number of hydrogen-bond acceptors (Lipinski definition) is 3. The van der Waals surface area contributed by atoms with Gasteiger partial charge in [0.05, 0.1) is 0 Å².